The van der Waals surface area contributed by atoms with Crippen molar-refractivity contribution in [2.75, 3.05) is 6.54 Å². The van der Waals surface area contributed by atoms with Gasteiger partial charge in [0.2, 0.25) is 0 Å². The van der Waals surface area contributed by atoms with Crippen molar-refractivity contribution in [3.05, 3.63) is 88.4 Å². The lowest BCUT2D eigenvalue weighted by molar-refractivity contribution is 0.0730. The molecule has 0 spiro atoms. The molecule has 0 fully saturated rings. The molecule has 2 heterocycles. The molecule has 1 aromatic heterocycles. The largest absolute Gasteiger partial charge is 0.448 e. The normalized spacial score (nSPS) is 12.9. The highest BCUT2D eigenvalue weighted by Crippen LogP contribution is 2.21. The molecule has 1 amide bonds. The van der Waals surface area contributed by atoms with E-state index in [9.17, 15) is 9.18 Å². The van der Waals surface area contributed by atoms with Gasteiger partial charge in [0.15, 0.2) is 11.6 Å². The van der Waals surface area contributed by atoms with Crippen LogP contribution >= 0.6 is 0 Å². The van der Waals surface area contributed by atoms with E-state index in [1.54, 1.807) is 17.9 Å². The van der Waals surface area contributed by atoms with Crippen LogP contribution in [-0.2, 0) is 13.0 Å². The van der Waals surface area contributed by atoms with Crippen molar-refractivity contribution in [1.29, 1.82) is 0 Å². The summed E-state index contributed by atoms with van der Waals surface area (Å²) in [4.78, 5) is 18.7. The number of nitrogens with zero attached hydrogens (tertiary/aromatic N) is 2. The SMILES string of the molecule is Cc1nc(C#Cc2ccc(F)c(C(=O)N3CCc4ccccc4C3)c2)co1. The van der Waals surface area contributed by atoms with Gasteiger partial charge in [-0.05, 0) is 41.7 Å². The molecular formula is C22H17FN2O2. The van der Waals surface area contributed by atoms with Crippen LogP contribution in [-0.4, -0.2) is 22.3 Å². The van der Waals surface area contributed by atoms with E-state index in [4.69, 9.17) is 4.42 Å². The first kappa shape index (κ1) is 17.0. The molecule has 0 N–H and O–H groups in total. The Kier molecular flexibility index (Phi) is 4.47. The van der Waals surface area contributed by atoms with E-state index in [2.05, 4.69) is 22.9 Å². The van der Waals surface area contributed by atoms with E-state index in [-0.39, 0.29) is 11.5 Å². The summed E-state index contributed by atoms with van der Waals surface area (Å²) < 4.78 is 19.4. The Labute approximate surface area is 156 Å². The number of rotatable bonds is 1. The molecule has 0 saturated carbocycles. The zero-order chi connectivity index (χ0) is 18.8. The number of aromatic nitrogens is 1. The number of carbonyl (C=O) groups is 1. The number of amides is 1. The maximum absolute atomic E-state index is 14.3. The summed E-state index contributed by atoms with van der Waals surface area (Å²) in [7, 11) is 0. The molecular weight excluding hydrogens is 343 g/mol. The van der Waals surface area contributed by atoms with Crippen molar-refractivity contribution < 1.29 is 13.6 Å². The van der Waals surface area contributed by atoms with E-state index in [0.29, 0.717) is 30.2 Å². The lowest BCUT2D eigenvalue weighted by Crippen LogP contribution is -2.36. The molecule has 0 unspecified atom stereocenters. The van der Waals surface area contributed by atoms with Crippen LogP contribution < -0.4 is 0 Å². The molecule has 4 rings (SSSR count). The third-order valence-electron chi connectivity index (χ3n) is 4.57. The molecule has 0 atom stereocenters. The Morgan fingerprint density at radius 3 is 2.78 bits per heavy atom. The van der Waals surface area contributed by atoms with Crippen molar-refractivity contribution in [3.63, 3.8) is 0 Å². The fourth-order valence-corrected chi connectivity index (χ4v) is 3.16. The summed E-state index contributed by atoms with van der Waals surface area (Å²) >= 11 is 0. The summed E-state index contributed by atoms with van der Waals surface area (Å²) in [5.41, 5.74) is 3.44. The van der Waals surface area contributed by atoms with E-state index >= 15 is 0 Å². The van der Waals surface area contributed by atoms with Gasteiger partial charge >= 0.3 is 0 Å². The molecule has 5 heteroatoms. The minimum Gasteiger partial charge on any atom is -0.448 e. The Bertz CT molecular complexity index is 1080. The number of fused-ring (bicyclic) bond motifs is 1. The van der Waals surface area contributed by atoms with Crippen LogP contribution in [0.5, 0.6) is 0 Å². The van der Waals surface area contributed by atoms with Gasteiger partial charge in [0, 0.05) is 25.6 Å². The third kappa shape index (κ3) is 3.61. The maximum Gasteiger partial charge on any atom is 0.257 e. The number of benzene rings is 2. The molecule has 0 radical (unpaired) electrons. The molecule has 2 aromatic carbocycles. The second-order valence-corrected chi connectivity index (χ2v) is 6.44. The van der Waals surface area contributed by atoms with E-state index < -0.39 is 5.82 Å². The van der Waals surface area contributed by atoms with Crippen LogP contribution in [0, 0.1) is 24.6 Å². The van der Waals surface area contributed by atoms with E-state index in [1.807, 2.05) is 18.2 Å². The van der Waals surface area contributed by atoms with Crippen molar-refractivity contribution in [2.24, 2.45) is 0 Å². The van der Waals surface area contributed by atoms with Crippen LogP contribution in [0.1, 0.15) is 38.6 Å². The molecule has 0 saturated heterocycles. The van der Waals surface area contributed by atoms with Crippen LogP contribution in [0.25, 0.3) is 0 Å². The summed E-state index contributed by atoms with van der Waals surface area (Å²) in [5, 5.41) is 0. The number of halogens is 1. The number of hydrogen-bond acceptors (Lipinski definition) is 3. The van der Waals surface area contributed by atoms with Crippen LogP contribution in [0.2, 0.25) is 0 Å². The Balaban J connectivity index is 1.58. The highest BCUT2D eigenvalue weighted by Gasteiger charge is 2.23. The van der Waals surface area contributed by atoms with Crippen molar-refractivity contribution in [1.82, 2.24) is 9.88 Å². The fraction of sp³-hybridized carbons (Fsp3) is 0.182. The third-order valence-corrected chi connectivity index (χ3v) is 4.57. The maximum atomic E-state index is 14.3. The molecule has 4 nitrogen and oxygen atoms in total. The minimum atomic E-state index is -0.540. The highest BCUT2D eigenvalue weighted by molar-refractivity contribution is 5.95. The predicted octanol–water partition coefficient (Wildman–Crippen LogP) is 3.72. The van der Waals surface area contributed by atoms with Gasteiger partial charge in [-0.3, -0.25) is 4.79 Å². The van der Waals surface area contributed by atoms with Crippen molar-refractivity contribution in [2.45, 2.75) is 19.9 Å². The topological polar surface area (TPSA) is 46.3 Å². The molecule has 0 bridgehead atoms. The quantitative estimate of drug-likeness (QED) is 0.622. The second-order valence-electron chi connectivity index (χ2n) is 6.44. The van der Waals surface area contributed by atoms with Gasteiger partial charge in [0.05, 0.1) is 5.56 Å². The van der Waals surface area contributed by atoms with E-state index in [0.717, 1.165) is 12.0 Å². The minimum absolute atomic E-state index is 0.0394. The van der Waals surface area contributed by atoms with Gasteiger partial charge in [-0.1, -0.05) is 30.2 Å². The van der Waals surface area contributed by atoms with Crippen LogP contribution in [0.4, 0.5) is 4.39 Å². The average molecular weight is 360 g/mol. The molecule has 27 heavy (non-hydrogen) atoms. The second kappa shape index (κ2) is 7.08. The van der Waals surface area contributed by atoms with Crippen molar-refractivity contribution in [3.8, 4) is 11.8 Å². The lowest BCUT2D eigenvalue weighted by Gasteiger charge is -2.29. The van der Waals surface area contributed by atoms with Crippen LogP contribution in [0.3, 0.4) is 0 Å². The highest BCUT2D eigenvalue weighted by atomic mass is 19.1. The summed E-state index contributed by atoms with van der Waals surface area (Å²) in [5.74, 6) is 5.43. The van der Waals surface area contributed by atoms with Gasteiger partial charge in [-0.15, -0.1) is 0 Å². The van der Waals surface area contributed by atoms with Gasteiger partial charge in [0.1, 0.15) is 12.1 Å². The molecule has 1 aliphatic heterocycles. The summed E-state index contributed by atoms with van der Waals surface area (Å²) in [6.07, 6.45) is 2.23. The Hall–Kier alpha value is -3.39. The zero-order valence-electron chi connectivity index (χ0n) is 14.8. The molecule has 134 valence electrons. The first-order chi connectivity index (χ1) is 13.1. The summed E-state index contributed by atoms with van der Waals surface area (Å²) in [6, 6.07) is 12.4. The molecule has 3 aromatic rings. The number of aryl methyl sites for hydroxylation is 1. The smallest absolute Gasteiger partial charge is 0.257 e. The monoisotopic (exact) mass is 360 g/mol. The fourth-order valence-electron chi connectivity index (χ4n) is 3.16. The summed E-state index contributed by atoms with van der Waals surface area (Å²) in [6.45, 7) is 2.79. The first-order valence-electron chi connectivity index (χ1n) is 8.70. The standard InChI is InChI=1S/C22H17FN2O2/c1-15-24-19(14-27-15)8-6-16-7-9-21(23)20(12-16)22(26)25-11-10-17-4-2-3-5-18(17)13-25/h2-5,7,9,12,14H,10-11,13H2,1H3. The molecule has 0 aliphatic carbocycles. The zero-order valence-corrected chi connectivity index (χ0v) is 14.8. The Morgan fingerprint density at radius 1 is 1.19 bits per heavy atom. The van der Waals surface area contributed by atoms with Crippen molar-refractivity contribution >= 4 is 5.91 Å². The van der Waals surface area contributed by atoms with Gasteiger partial charge in [-0.2, -0.15) is 0 Å². The van der Waals surface area contributed by atoms with Gasteiger partial charge in [-0.25, -0.2) is 9.37 Å². The predicted molar refractivity (Wildman–Crippen MR) is 98.5 cm³/mol. The Morgan fingerprint density at radius 2 is 2.00 bits per heavy atom. The van der Waals surface area contributed by atoms with Gasteiger partial charge < -0.3 is 9.32 Å². The van der Waals surface area contributed by atoms with E-state index in [1.165, 1.54) is 24.0 Å². The van der Waals surface area contributed by atoms with Gasteiger partial charge in [0.25, 0.3) is 5.91 Å². The number of oxazole rings is 1. The first-order valence-corrected chi connectivity index (χ1v) is 8.70. The van der Waals surface area contributed by atoms with Crippen LogP contribution in [0.15, 0.2) is 53.1 Å². The molecule has 1 aliphatic rings. The number of carbonyl (C=O) groups excluding carboxylic acids is 1. The number of hydrogen-bond donors (Lipinski definition) is 0. The lowest BCUT2D eigenvalue weighted by atomic mass is 9.99. The average Bonchev–Trinajstić information content (AvgIpc) is 3.11.